The van der Waals surface area contributed by atoms with Crippen LogP contribution in [0.25, 0.3) is 0 Å². The van der Waals surface area contributed by atoms with Gasteiger partial charge in [-0.2, -0.15) is 0 Å². The Morgan fingerprint density at radius 3 is 2.51 bits per heavy atom. The minimum Gasteiger partial charge on any atom is -0.394 e. The summed E-state index contributed by atoms with van der Waals surface area (Å²) in [7, 11) is 0. The van der Waals surface area contributed by atoms with Crippen molar-refractivity contribution < 1.29 is 49.7 Å². The van der Waals surface area contributed by atoms with Crippen molar-refractivity contribution in [3.05, 3.63) is 11.6 Å². The molecular formula is C27H40O10. The van der Waals surface area contributed by atoms with Gasteiger partial charge in [-0.05, 0) is 67.8 Å². The zero-order valence-electron chi connectivity index (χ0n) is 21.5. The van der Waals surface area contributed by atoms with Crippen molar-refractivity contribution >= 4 is 11.6 Å². The van der Waals surface area contributed by atoms with E-state index in [0.29, 0.717) is 19.3 Å². The summed E-state index contributed by atoms with van der Waals surface area (Å²) in [6.07, 6.45) is -2.58. The van der Waals surface area contributed by atoms with E-state index in [1.165, 1.54) is 0 Å². The predicted molar refractivity (Wildman–Crippen MR) is 128 cm³/mol. The number of hydrogen-bond donors (Lipinski definition) is 6. The molecule has 10 nitrogen and oxygen atoms in total. The van der Waals surface area contributed by atoms with E-state index in [9.17, 15) is 40.2 Å². The maximum absolute atomic E-state index is 13.5. The predicted octanol–water partition coefficient (Wildman–Crippen LogP) is -0.394. The fourth-order valence-electron chi connectivity index (χ4n) is 8.63. The van der Waals surface area contributed by atoms with E-state index in [-0.39, 0.29) is 41.8 Å². The summed E-state index contributed by atoms with van der Waals surface area (Å²) < 4.78 is 10.8. The van der Waals surface area contributed by atoms with E-state index in [4.69, 9.17) is 9.47 Å². The average Bonchev–Trinajstić information content (AvgIpc) is 3.13. The van der Waals surface area contributed by atoms with Gasteiger partial charge >= 0.3 is 0 Å². The summed E-state index contributed by atoms with van der Waals surface area (Å²) in [5.74, 6) is -0.371. The molecule has 1 saturated heterocycles. The van der Waals surface area contributed by atoms with Gasteiger partial charge in [0, 0.05) is 11.8 Å². The molecule has 0 radical (unpaired) electrons. The van der Waals surface area contributed by atoms with Crippen molar-refractivity contribution in [3.63, 3.8) is 0 Å². The lowest BCUT2D eigenvalue weighted by Crippen LogP contribution is -2.62. The van der Waals surface area contributed by atoms with Gasteiger partial charge < -0.3 is 40.1 Å². The molecule has 0 spiro atoms. The third-order valence-corrected chi connectivity index (χ3v) is 10.7. The zero-order valence-corrected chi connectivity index (χ0v) is 21.5. The van der Waals surface area contributed by atoms with E-state index < -0.39 is 66.8 Å². The molecule has 5 aliphatic rings. The average molecular weight is 525 g/mol. The number of aliphatic hydroxyl groups is 6. The second-order valence-corrected chi connectivity index (χ2v) is 12.4. The smallest absolute Gasteiger partial charge is 0.190 e. The van der Waals surface area contributed by atoms with Crippen LogP contribution in [0.4, 0.5) is 0 Å². The molecule has 3 saturated carbocycles. The van der Waals surface area contributed by atoms with E-state index >= 15 is 0 Å². The number of Topliss-reactive ketones (excluding diaryl/α,β-unsaturated/α-hetero) is 1. The van der Waals surface area contributed by atoms with Crippen molar-refractivity contribution in [2.75, 3.05) is 13.2 Å². The fourth-order valence-corrected chi connectivity index (χ4v) is 8.63. The maximum Gasteiger partial charge on any atom is 0.190 e. The molecule has 0 aromatic carbocycles. The van der Waals surface area contributed by atoms with Crippen LogP contribution in [0.5, 0.6) is 0 Å². The van der Waals surface area contributed by atoms with Gasteiger partial charge in [0.05, 0.1) is 12.7 Å². The molecule has 1 aliphatic heterocycles. The first-order valence-corrected chi connectivity index (χ1v) is 13.5. The van der Waals surface area contributed by atoms with Crippen LogP contribution in [0.15, 0.2) is 11.6 Å². The third-order valence-electron chi connectivity index (χ3n) is 10.7. The third kappa shape index (κ3) is 3.98. The Morgan fingerprint density at radius 2 is 1.81 bits per heavy atom. The summed E-state index contributed by atoms with van der Waals surface area (Å²) in [4.78, 5) is 25.5. The summed E-state index contributed by atoms with van der Waals surface area (Å²) >= 11 is 0. The molecule has 4 fully saturated rings. The maximum atomic E-state index is 13.5. The molecular weight excluding hydrogens is 484 g/mol. The van der Waals surface area contributed by atoms with Crippen molar-refractivity contribution in [1.29, 1.82) is 0 Å². The number of allylic oxidation sites excluding steroid dienone is 1. The van der Waals surface area contributed by atoms with E-state index in [0.717, 1.165) is 18.4 Å². The summed E-state index contributed by atoms with van der Waals surface area (Å²) in [6, 6.07) is 0. The normalized spacial score (nSPS) is 51.6. The molecule has 208 valence electrons. The highest BCUT2D eigenvalue weighted by atomic mass is 16.7. The van der Waals surface area contributed by atoms with E-state index in [2.05, 4.69) is 6.92 Å². The number of fused-ring (bicyclic) bond motifs is 5. The number of ketones is 2. The first kappa shape index (κ1) is 27.3. The van der Waals surface area contributed by atoms with E-state index in [1.54, 1.807) is 6.08 Å². The summed E-state index contributed by atoms with van der Waals surface area (Å²) in [5, 5.41) is 62.8. The minimum atomic E-state index is -1.75. The molecule has 0 aromatic rings. The molecule has 37 heavy (non-hydrogen) atoms. The first-order chi connectivity index (χ1) is 17.4. The molecule has 0 amide bonds. The van der Waals surface area contributed by atoms with Crippen LogP contribution in [-0.4, -0.2) is 97.8 Å². The largest absolute Gasteiger partial charge is 0.394 e. The van der Waals surface area contributed by atoms with Gasteiger partial charge in [-0.25, -0.2) is 0 Å². The van der Waals surface area contributed by atoms with Gasteiger partial charge in [0.25, 0.3) is 0 Å². The summed E-state index contributed by atoms with van der Waals surface area (Å²) in [5.41, 5.74) is -1.79. The van der Waals surface area contributed by atoms with Crippen molar-refractivity contribution in [2.24, 2.45) is 28.6 Å². The molecule has 0 bridgehead atoms. The second kappa shape index (κ2) is 9.45. The highest BCUT2D eigenvalue weighted by Gasteiger charge is 2.68. The second-order valence-electron chi connectivity index (χ2n) is 12.4. The molecule has 10 heteroatoms. The quantitative estimate of drug-likeness (QED) is 0.278. The molecule has 5 rings (SSSR count). The SMILES string of the molecule is CC12CCC(=O)C=C1CCC1C2C(O)CC2(C)C1CC[C@]2(O)C(=O)CO[C@@H]1O[C@@H](CO)[C@@H](O)[C@H](O)[C@H]1O. The van der Waals surface area contributed by atoms with Gasteiger partial charge in [-0.3, -0.25) is 9.59 Å². The van der Waals surface area contributed by atoms with E-state index in [1.807, 2.05) is 6.92 Å². The number of carbonyl (C=O) groups excluding carboxylic acids is 2. The van der Waals surface area contributed by atoms with Crippen LogP contribution in [0.1, 0.15) is 58.8 Å². The number of aliphatic hydroxyl groups excluding tert-OH is 5. The standard InChI is InChI=1S/C27H40O10/c1-25-7-5-14(29)9-13(25)3-4-15-16-6-8-27(35,26(16,2)10-17(30)20(15)25)19(31)12-36-24-23(34)22(33)21(32)18(11-28)37-24/h9,15-18,20-24,28,30,32-35H,3-8,10-12H2,1-2H3/t15?,16?,17?,18-,20?,21+,22-,23+,24+,25?,26?,27-/m0/s1. The van der Waals surface area contributed by atoms with Crippen LogP contribution in [0, 0.1) is 28.6 Å². The number of hydrogen-bond acceptors (Lipinski definition) is 10. The molecule has 0 aromatic heterocycles. The first-order valence-electron chi connectivity index (χ1n) is 13.5. The lowest BCUT2D eigenvalue weighted by Gasteiger charge is -2.60. The minimum absolute atomic E-state index is 0.0121. The Hall–Kier alpha value is -1.24. The molecule has 6 N–H and O–H groups in total. The van der Waals surface area contributed by atoms with Crippen molar-refractivity contribution in [1.82, 2.24) is 0 Å². The van der Waals surface area contributed by atoms with Crippen LogP contribution in [-0.2, 0) is 19.1 Å². The zero-order chi connectivity index (χ0) is 26.9. The Bertz CT molecular complexity index is 965. The number of carbonyl (C=O) groups is 2. The molecule has 6 unspecified atom stereocenters. The Balaban J connectivity index is 1.33. The Kier molecular flexibility index (Phi) is 6.98. The Labute approximate surface area is 216 Å². The van der Waals surface area contributed by atoms with Gasteiger partial charge in [-0.15, -0.1) is 0 Å². The van der Waals surface area contributed by atoms with Crippen LogP contribution < -0.4 is 0 Å². The van der Waals surface area contributed by atoms with Gasteiger partial charge in [0.1, 0.15) is 36.6 Å². The van der Waals surface area contributed by atoms with Gasteiger partial charge in [0.15, 0.2) is 17.9 Å². The molecule has 12 atom stereocenters. The van der Waals surface area contributed by atoms with Gasteiger partial charge in [-0.1, -0.05) is 19.4 Å². The van der Waals surface area contributed by atoms with Gasteiger partial charge in [0.2, 0.25) is 0 Å². The van der Waals surface area contributed by atoms with Crippen LogP contribution >= 0.6 is 0 Å². The lowest BCUT2D eigenvalue weighted by molar-refractivity contribution is -0.300. The monoisotopic (exact) mass is 524 g/mol. The van der Waals surface area contributed by atoms with Crippen molar-refractivity contribution in [2.45, 2.75) is 101 Å². The fraction of sp³-hybridized carbons (Fsp3) is 0.852. The Morgan fingerprint density at radius 1 is 1.08 bits per heavy atom. The summed E-state index contributed by atoms with van der Waals surface area (Å²) in [6.45, 7) is 2.80. The molecule has 4 aliphatic carbocycles. The molecule has 1 heterocycles. The topological polar surface area (TPSA) is 174 Å². The lowest BCUT2D eigenvalue weighted by atomic mass is 9.45. The number of rotatable bonds is 5. The van der Waals surface area contributed by atoms with Crippen LogP contribution in [0.3, 0.4) is 0 Å². The van der Waals surface area contributed by atoms with Crippen LogP contribution in [0.2, 0.25) is 0 Å². The highest BCUT2D eigenvalue weighted by Crippen LogP contribution is 2.67. The number of ether oxygens (including phenoxy) is 2. The highest BCUT2D eigenvalue weighted by molar-refractivity contribution is 5.92. The van der Waals surface area contributed by atoms with Crippen molar-refractivity contribution in [3.8, 4) is 0 Å².